The van der Waals surface area contributed by atoms with Gasteiger partial charge in [0, 0.05) is 0 Å². The number of H-pyrrole nitrogens is 1. The van der Waals surface area contributed by atoms with Gasteiger partial charge < -0.3 is 9.47 Å². The Balaban J connectivity index is 2.39. The first-order valence-corrected chi connectivity index (χ1v) is 7.40. The molecule has 1 aromatic carbocycles. The van der Waals surface area contributed by atoms with Crippen molar-refractivity contribution in [1.82, 2.24) is 14.9 Å². The van der Waals surface area contributed by atoms with Gasteiger partial charge in [-0.2, -0.15) is 14.9 Å². The van der Waals surface area contributed by atoms with Crippen molar-refractivity contribution in [3.8, 4) is 11.5 Å². The Bertz CT molecular complexity index is 839. The van der Waals surface area contributed by atoms with Gasteiger partial charge in [-0.25, -0.2) is 0 Å². The highest BCUT2D eigenvalue weighted by atomic mass is 32.1. The van der Waals surface area contributed by atoms with Gasteiger partial charge in [-0.3, -0.25) is 9.89 Å². The smallest absolute Gasteiger partial charge is 0.296 e. The summed E-state index contributed by atoms with van der Waals surface area (Å²) in [7, 11) is 1.58. The first kappa shape index (κ1) is 16.9. The normalized spacial score (nSPS) is 11.2. The molecule has 1 heterocycles. The van der Waals surface area contributed by atoms with Crippen molar-refractivity contribution in [1.29, 1.82) is 0 Å². The van der Waals surface area contributed by atoms with E-state index in [9.17, 15) is 4.79 Å². The maximum atomic E-state index is 12.0. The molecule has 0 bridgehead atoms. The molecule has 7 nitrogen and oxygen atoms in total. The molecule has 0 saturated heterocycles. The van der Waals surface area contributed by atoms with Crippen molar-refractivity contribution in [3.63, 3.8) is 0 Å². The summed E-state index contributed by atoms with van der Waals surface area (Å²) < 4.78 is 12.2. The van der Waals surface area contributed by atoms with Gasteiger partial charge in [-0.05, 0) is 56.8 Å². The number of aromatic amines is 1. The molecule has 23 heavy (non-hydrogen) atoms. The molecule has 0 atom stereocenters. The minimum absolute atomic E-state index is 0.00963. The van der Waals surface area contributed by atoms with Crippen LogP contribution in [0.1, 0.15) is 25.1 Å². The molecule has 1 aromatic heterocycles. The van der Waals surface area contributed by atoms with Crippen LogP contribution < -0.4 is 15.0 Å². The first-order chi connectivity index (χ1) is 10.9. The lowest BCUT2D eigenvalue weighted by Crippen LogP contribution is -2.22. The van der Waals surface area contributed by atoms with Crippen LogP contribution in [-0.4, -0.2) is 34.3 Å². The Morgan fingerprint density at radius 3 is 2.78 bits per heavy atom. The highest BCUT2D eigenvalue weighted by molar-refractivity contribution is 7.71. The zero-order valence-corrected chi connectivity index (χ0v) is 14.2. The van der Waals surface area contributed by atoms with Gasteiger partial charge in [-0.1, -0.05) is 0 Å². The molecule has 0 radical (unpaired) electrons. The number of nitrogens with zero attached hydrogens (tertiary/aromatic N) is 3. The summed E-state index contributed by atoms with van der Waals surface area (Å²) in [4.78, 5) is 12.0. The van der Waals surface area contributed by atoms with Crippen molar-refractivity contribution >= 4 is 18.4 Å². The maximum Gasteiger partial charge on any atom is 0.296 e. The number of rotatable bonds is 5. The van der Waals surface area contributed by atoms with E-state index < -0.39 is 0 Å². The molecule has 2 rings (SSSR count). The highest BCUT2D eigenvalue weighted by Crippen LogP contribution is 2.28. The van der Waals surface area contributed by atoms with Gasteiger partial charge in [0.2, 0.25) is 4.77 Å². The molecule has 0 aliphatic rings. The number of ether oxygens (including phenoxy) is 2. The second-order valence-electron chi connectivity index (χ2n) is 5.05. The first-order valence-electron chi connectivity index (χ1n) is 6.99. The van der Waals surface area contributed by atoms with Crippen LogP contribution in [0.5, 0.6) is 11.5 Å². The summed E-state index contributed by atoms with van der Waals surface area (Å²) in [6, 6.07) is 5.37. The van der Waals surface area contributed by atoms with Crippen LogP contribution in [0.3, 0.4) is 0 Å². The third-order valence-electron chi connectivity index (χ3n) is 2.89. The summed E-state index contributed by atoms with van der Waals surface area (Å²) in [6.45, 7) is 5.44. The van der Waals surface area contributed by atoms with Crippen LogP contribution in [0, 0.1) is 11.7 Å². The second-order valence-corrected chi connectivity index (χ2v) is 5.44. The van der Waals surface area contributed by atoms with E-state index in [1.165, 1.54) is 6.21 Å². The summed E-state index contributed by atoms with van der Waals surface area (Å²) >= 11 is 5.02. The predicted octanol–water partition coefficient (Wildman–Crippen LogP) is 2.29. The molecule has 8 heteroatoms. The Morgan fingerprint density at radius 1 is 1.39 bits per heavy atom. The number of aromatic nitrogens is 3. The number of nitrogens with one attached hydrogen (secondary N) is 1. The van der Waals surface area contributed by atoms with Gasteiger partial charge in [0.1, 0.15) is 5.69 Å². The molecule has 0 fully saturated rings. The molecular formula is C15H18N4O3S. The third kappa shape index (κ3) is 4.04. The van der Waals surface area contributed by atoms with E-state index in [-0.39, 0.29) is 22.1 Å². The molecule has 2 aromatic rings. The molecular weight excluding hydrogens is 316 g/mol. The summed E-state index contributed by atoms with van der Waals surface area (Å²) in [5.74, 6) is 1.24. The van der Waals surface area contributed by atoms with E-state index in [1.54, 1.807) is 32.2 Å². The van der Waals surface area contributed by atoms with Crippen LogP contribution in [0.2, 0.25) is 0 Å². The van der Waals surface area contributed by atoms with Gasteiger partial charge in [-0.15, -0.1) is 0 Å². The minimum atomic E-state index is -0.364. The number of aryl methyl sites for hydroxylation is 1. The van der Waals surface area contributed by atoms with Crippen LogP contribution in [0.15, 0.2) is 28.1 Å². The summed E-state index contributed by atoms with van der Waals surface area (Å²) in [5.41, 5.74) is 0.670. The van der Waals surface area contributed by atoms with E-state index in [2.05, 4.69) is 15.3 Å². The van der Waals surface area contributed by atoms with E-state index in [1.807, 2.05) is 13.8 Å². The average molecular weight is 334 g/mol. The Hall–Kier alpha value is -2.48. The summed E-state index contributed by atoms with van der Waals surface area (Å²) in [5, 5.41) is 10.5. The van der Waals surface area contributed by atoms with Crippen molar-refractivity contribution in [3.05, 3.63) is 44.6 Å². The second kappa shape index (κ2) is 7.19. The number of benzene rings is 1. The lowest BCUT2D eigenvalue weighted by Gasteiger charge is -2.13. The fourth-order valence-electron chi connectivity index (χ4n) is 1.82. The zero-order valence-electron chi connectivity index (χ0n) is 13.4. The standard InChI is InChI=1S/C15H18N4O3S/c1-9(2)22-13-7-11(5-6-12(13)21-4)8-16-19-14(20)10(3)17-18-15(19)23/h5-9H,1-4H3,(H,18,23)/b16-8-. The molecule has 0 unspecified atom stereocenters. The van der Waals surface area contributed by atoms with E-state index >= 15 is 0 Å². The summed E-state index contributed by atoms with van der Waals surface area (Å²) in [6.07, 6.45) is 1.53. The van der Waals surface area contributed by atoms with Crippen molar-refractivity contribution in [2.24, 2.45) is 5.10 Å². The quantitative estimate of drug-likeness (QED) is 0.670. The topological polar surface area (TPSA) is 81.5 Å². The predicted molar refractivity (Wildman–Crippen MR) is 90.2 cm³/mol. The molecule has 0 aliphatic carbocycles. The zero-order chi connectivity index (χ0) is 17.0. The molecule has 122 valence electrons. The fourth-order valence-corrected chi connectivity index (χ4v) is 2.00. The van der Waals surface area contributed by atoms with Gasteiger partial charge in [0.15, 0.2) is 11.5 Å². The number of methoxy groups -OCH3 is 1. The number of hydrogen-bond acceptors (Lipinski definition) is 6. The van der Waals surface area contributed by atoms with Crippen LogP contribution >= 0.6 is 12.2 Å². The van der Waals surface area contributed by atoms with Crippen LogP contribution in [-0.2, 0) is 0 Å². The molecule has 1 N–H and O–H groups in total. The third-order valence-corrected chi connectivity index (χ3v) is 3.15. The van der Waals surface area contributed by atoms with Gasteiger partial charge in [0.05, 0.1) is 19.4 Å². The Morgan fingerprint density at radius 2 is 2.13 bits per heavy atom. The van der Waals surface area contributed by atoms with Gasteiger partial charge in [0.25, 0.3) is 5.56 Å². The van der Waals surface area contributed by atoms with Crippen LogP contribution in [0.4, 0.5) is 0 Å². The largest absolute Gasteiger partial charge is 0.493 e. The highest BCUT2D eigenvalue weighted by Gasteiger charge is 2.07. The lowest BCUT2D eigenvalue weighted by molar-refractivity contribution is 0.230. The van der Waals surface area contributed by atoms with Gasteiger partial charge >= 0.3 is 0 Å². The van der Waals surface area contributed by atoms with Crippen LogP contribution in [0.25, 0.3) is 0 Å². The maximum absolute atomic E-state index is 12.0. The average Bonchev–Trinajstić information content (AvgIpc) is 2.51. The Labute approximate surface area is 138 Å². The SMILES string of the molecule is COc1ccc(/C=N\n2c(=S)[nH]nc(C)c2=O)cc1OC(C)C. The fraction of sp³-hybridized carbons (Fsp3) is 0.333. The van der Waals surface area contributed by atoms with E-state index in [0.29, 0.717) is 11.5 Å². The molecule has 0 amide bonds. The molecule has 0 spiro atoms. The lowest BCUT2D eigenvalue weighted by atomic mass is 10.2. The molecule has 0 saturated carbocycles. The van der Waals surface area contributed by atoms with Crippen molar-refractivity contribution in [2.45, 2.75) is 26.9 Å². The monoisotopic (exact) mass is 334 g/mol. The van der Waals surface area contributed by atoms with E-state index in [0.717, 1.165) is 10.2 Å². The minimum Gasteiger partial charge on any atom is -0.493 e. The molecule has 0 aliphatic heterocycles. The van der Waals surface area contributed by atoms with Crippen molar-refractivity contribution < 1.29 is 9.47 Å². The number of hydrogen-bond donors (Lipinski definition) is 1. The van der Waals surface area contributed by atoms with Crippen molar-refractivity contribution in [2.75, 3.05) is 7.11 Å². The van der Waals surface area contributed by atoms with E-state index in [4.69, 9.17) is 21.7 Å². The Kier molecular flexibility index (Phi) is 5.28.